The van der Waals surface area contributed by atoms with Crippen molar-refractivity contribution in [2.24, 2.45) is 5.92 Å². The first kappa shape index (κ1) is 21.1. The van der Waals surface area contributed by atoms with Crippen molar-refractivity contribution < 1.29 is 14.3 Å². The number of hydrogen-bond acceptors (Lipinski definition) is 5. The number of ether oxygens (including phenoxy) is 1. The number of morpholine rings is 1. The Bertz CT molecular complexity index is 588. The average Bonchev–Trinajstić information content (AvgIpc) is 3.10. The zero-order valence-corrected chi connectivity index (χ0v) is 17.6. The normalized spacial score (nSPS) is 16.3. The predicted octanol–water partition coefficient (Wildman–Crippen LogP) is 2.59. The van der Waals surface area contributed by atoms with E-state index in [1.54, 1.807) is 12.1 Å². The van der Waals surface area contributed by atoms with Gasteiger partial charge in [-0.2, -0.15) is 0 Å². The third-order valence-electron chi connectivity index (χ3n) is 4.67. The highest BCUT2D eigenvalue weighted by atomic mass is 79.9. The average molecular weight is 447 g/mol. The van der Waals surface area contributed by atoms with Gasteiger partial charge in [0, 0.05) is 25.7 Å². The van der Waals surface area contributed by atoms with E-state index in [1.807, 2.05) is 0 Å². The molecule has 1 saturated heterocycles. The number of amides is 3. The van der Waals surface area contributed by atoms with Gasteiger partial charge in [0.1, 0.15) is 0 Å². The molecule has 1 aliphatic rings. The molecule has 2 rings (SSSR count). The molecule has 146 valence electrons. The van der Waals surface area contributed by atoms with Gasteiger partial charge < -0.3 is 10.1 Å². The monoisotopic (exact) mass is 446 g/mol. The molecule has 3 amide bonds. The summed E-state index contributed by atoms with van der Waals surface area (Å²) in [6, 6.07) is 3.36. The lowest BCUT2D eigenvalue weighted by molar-refractivity contribution is 0.00235. The van der Waals surface area contributed by atoms with Gasteiger partial charge in [0.2, 0.25) is 0 Å². The molecule has 0 saturated carbocycles. The zero-order valence-electron chi connectivity index (χ0n) is 15.2. The van der Waals surface area contributed by atoms with Crippen LogP contribution in [0, 0.1) is 5.92 Å². The summed E-state index contributed by atoms with van der Waals surface area (Å²) in [6.45, 7) is 8.13. The first-order chi connectivity index (χ1) is 12.5. The third kappa shape index (κ3) is 6.22. The molecule has 3 N–H and O–H groups in total. The Labute approximate surface area is 166 Å². The Morgan fingerprint density at radius 3 is 2.50 bits per heavy atom. The fourth-order valence-corrected chi connectivity index (χ4v) is 4.47. The topological polar surface area (TPSA) is 82.7 Å². The molecule has 1 unspecified atom stereocenters. The molecule has 1 fully saturated rings. The van der Waals surface area contributed by atoms with Crippen molar-refractivity contribution in [3.63, 3.8) is 0 Å². The van der Waals surface area contributed by atoms with E-state index in [9.17, 15) is 9.59 Å². The van der Waals surface area contributed by atoms with E-state index in [-0.39, 0.29) is 11.9 Å². The van der Waals surface area contributed by atoms with E-state index in [0.717, 1.165) is 42.9 Å². The van der Waals surface area contributed by atoms with Crippen molar-refractivity contribution in [2.45, 2.75) is 32.7 Å². The molecule has 0 bridgehead atoms. The van der Waals surface area contributed by atoms with E-state index < -0.39 is 6.03 Å². The standard InChI is InChI=1S/C17H27BrN4O3S/c1-3-12(4-2)13(22-7-9-25-10-8-22)11-19-17(24)21-20-16(23)14-5-6-15(18)26-14/h5-6,12-13H,3-4,7-11H2,1-2H3,(H,20,23)(H2,19,21,24). The van der Waals surface area contributed by atoms with Crippen molar-refractivity contribution in [1.29, 1.82) is 0 Å². The first-order valence-corrected chi connectivity index (χ1v) is 10.6. The summed E-state index contributed by atoms with van der Waals surface area (Å²) in [4.78, 5) is 27.0. The van der Waals surface area contributed by atoms with Gasteiger partial charge in [-0.3, -0.25) is 15.1 Å². The van der Waals surface area contributed by atoms with Crippen LogP contribution in [0.2, 0.25) is 0 Å². The fraction of sp³-hybridized carbons (Fsp3) is 0.647. The lowest BCUT2D eigenvalue weighted by Crippen LogP contribution is -2.54. The maximum Gasteiger partial charge on any atom is 0.333 e. The number of nitrogens with one attached hydrogen (secondary N) is 3. The number of carbonyl (C=O) groups excluding carboxylic acids is 2. The van der Waals surface area contributed by atoms with E-state index in [2.05, 4.69) is 50.8 Å². The number of hydrazine groups is 1. The number of hydrogen-bond donors (Lipinski definition) is 3. The number of rotatable bonds is 7. The molecule has 26 heavy (non-hydrogen) atoms. The SMILES string of the molecule is CCC(CC)C(CNC(=O)NNC(=O)c1ccc(Br)s1)N1CCOCC1. The first-order valence-electron chi connectivity index (χ1n) is 8.96. The summed E-state index contributed by atoms with van der Waals surface area (Å²) in [6.07, 6.45) is 2.12. The van der Waals surface area contributed by atoms with Gasteiger partial charge in [-0.05, 0) is 34.0 Å². The van der Waals surface area contributed by atoms with Gasteiger partial charge in [-0.15, -0.1) is 11.3 Å². The predicted molar refractivity (Wildman–Crippen MR) is 106 cm³/mol. The minimum atomic E-state index is -0.404. The minimum absolute atomic E-state index is 0.267. The Morgan fingerprint density at radius 1 is 1.23 bits per heavy atom. The van der Waals surface area contributed by atoms with E-state index in [1.165, 1.54) is 11.3 Å². The van der Waals surface area contributed by atoms with Crippen LogP contribution in [0.3, 0.4) is 0 Å². The maximum absolute atomic E-state index is 12.1. The van der Waals surface area contributed by atoms with Gasteiger partial charge in [0.25, 0.3) is 5.91 Å². The highest BCUT2D eigenvalue weighted by molar-refractivity contribution is 9.11. The molecule has 2 heterocycles. The summed E-state index contributed by atoms with van der Waals surface area (Å²) < 4.78 is 6.31. The summed E-state index contributed by atoms with van der Waals surface area (Å²) >= 11 is 4.62. The highest BCUT2D eigenvalue weighted by Crippen LogP contribution is 2.21. The zero-order chi connectivity index (χ0) is 18.9. The van der Waals surface area contributed by atoms with Crippen LogP contribution < -0.4 is 16.2 Å². The molecule has 1 atom stereocenters. The van der Waals surface area contributed by atoms with Crippen molar-refractivity contribution in [2.75, 3.05) is 32.8 Å². The van der Waals surface area contributed by atoms with Crippen LogP contribution in [0.25, 0.3) is 0 Å². The van der Waals surface area contributed by atoms with Gasteiger partial charge in [-0.25, -0.2) is 10.2 Å². The summed E-state index contributed by atoms with van der Waals surface area (Å²) in [5.74, 6) is 0.173. The molecule has 1 aromatic rings. The summed E-state index contributed by atoms with van der Waals surface area (Å²) in [5.41, 5.74) is 4.85. The number of nitrogens with zero attached hydrogens (tertiary/aromatic N) is 1. The second kappa shape index (κ2) is 10.9. The third-order valence-corrected chi connectivity index (χ3v) is 6.29. The number of thiophene rings is 1. The van der Waals surface area contributed by atoms with Crippen molar-refractivity contribution in [3.8, 4) is 0 Å². The van der Waals surface area contributed by atoms with Gasteiger partial charge in [0.15, 0.2) is 0 Å². The minimum Gasteiger partial charge on any atom is -0.379 e. The second-order valence-electron chi connectivity index (χ2n) is 6.19. The fourth-order valence-electron chi connectivity index (χ4n) is 3.19. The molecule has 1 aromatic heterocycles. The van der Waals surface area contributed by atoms with Gasteiger partial charge in [0.05, 0.1) is 21.9 Å². The van der Waals surface area contributed by atoms with E-state index in [4.69, 9.17) is 4.74 Å². The van der Waals surface area contributed by atoms with E-state index >= 15 is 0 Å². The molecule has 7 nitrogen and oxygen atoms in total. The van der Waals surface area contributed by atoms with Crippen LogP contribution in [0.4, 0.5) is 4.79 Å². The molecular weight excluding hydrogens is 420 g/mol. The molecule has 9 heteroatoms. The Kier molecular flexibility index (Phi) is 8.83. The van der Waals surface area contributed by atoms with Crippen molar-refractivity contribution >= 4 is 39.2 Å². The van der Waals surface area contributed by atoms with Crippen molar-refractivity contribution in [1.82, 2.24) is 21.1 Å². The van der Waals surface area contributed by atoms with Crippen LogP contribution >= 0.6 is 27.3 Å². The molecule has 0 radical (unpaired) electrons. The molecule has 0 aliphatic carbocycles. The largest absolute Gasteiger partial charge is 0.379 e. The number of halogens is 1. The maximum atomic E-state index is 12.1. The Balaban J connectivity index is 1.82. The number of carbonyl (C=O) groups is 2. The van der Waals surface area contributed by atoms with Crippen LogP contribution in [0.1, 0.15) is 36.4 Å². The van der Waals surface area contributed by atoms with Crippen LogP contribution in [0.5, 0.6) is 0 Å². The lowest BCUT2D eigenvalue weighted by Gasteiger charge is -2.38. The Morgan fingerprint density at radius 2 is 1.92 bits per heavy atom. The smallest absolute Gasteiger partial charge is 0.333 e. The van der Waals surface area contributed by atoms with Gasteiger partial charge >= 0.3 is 6.03 Å². The lowest BCUT2D eigenvalue weighted by atomic mass is 9.92. The molecule has 0 spiro atoms. The second-order valence-corrected chi connectivity index (χ2v) is 8.65. The van der Waals surface area contributed by atoms with Crippen LogP contribution in [0.15, 0.2) is 15.9 Å². The summed E-state index contributed by atoms with van der Waals surface area (Å²) in [7, 11) is 0. The van der Waals surface area contributed by atoms with Gasteiger partial charge in [-0.1, -0.05) is 26.7 Å². The van der Waals surface area contributed by atoms with Crippen LogP contribution in [-0.4, -0.2) is 55.7 Å². The van der Waals surface area contributed by atoms with Crippen LogP contribution in [-0.2, 0) is 4.74 Å². The molecule has 1 aliphatic heterocycles. The Hall–Kier alpha value is -1.16. The number of urea groups is 1. The van der Waals surface area contributed by atoms with Crippen molar-refractivity contribution in [3.05, 3.63) is 20.8 Å². The highest BCUT2D eigenvalue weighted by Gasteiger charge is 2.27. The van der Waals surface area contributed by atoms with E-state index in [0.29, 0.717) is 17.3 Å². The molecular formula is C17H27BrN4O3S. The molecule has 0 aromatic carbocycles. The quantitative estimate of drug-likeness (QED) is 0.562. The summed E-state index contributed by atoms with van der Waals surface area (Å²) in [5, 5.41) is 2.89.